The van der Waals surface area contributed by atoms with Crippen LogP contribution in [0, 0.1) is 0 Å². The van der Waals surface area contributed by atoms with Gasteiger partial charge < -0.3 is 10.2 Å². The van der Waals surface area contributed by atoms with Gasteiger partial charge in [0.1, 0.15) is 0 Å². The highest BCUT2D eigenvalue weighted by Crippen LogP contribution is 2.33. The molecule has 3 rings (SSSR count). The quantitative estimate of drug-likeness (QED) is 0.687. The predicted molar refractivity (Wildman–Crippen MR) is 61.9 cm³/mol. The van der Waals surface area contributed by atoms with Crippen molar-refractivity contribution in [1.82, 2.24) is 10.2 Å². The number of nitrogens with zero attached hydrogens (tertiary/aromatic N) is 1. The van der Waals surface area contributed by atoms with Gasteiger partial charge in [-0.3, -0.25) is 0 Å². The van der Waals surface area contributed by atoms with Crippen LogP contribution in [-0.2, 0) is 6.42 Å². The van der Waals surface area contributed by atoms with Gasteiger partial charge in [-0.25, -0.2) is 0 Å². The van der Waals surface area contributed by atoms with Crippen molar-refractivity contribution in [2.45, 2.75) is 24.9 Å². The van der Waals surface area contributed by atoms with E-state index in [9.17, 15) is 0 Å². The molecule has 0 aromatic heterocycles. The normalized spacial score (nSPS) is 30.7. The molecule has 2 atom stereocenters. The van der Waals surface area contributed by atoms with Gasteiger partial charge in [-0.05, 0) is 31.0 Å². The summed E-state index contributed by atoms with van der Waals surface area (Å²) in [5.74, 6) is 0. The summed E-state index contributed by atoms with van der Waals surface area (Å²) in [6, 6.07) is 10.2. The SMILES string of the molecule is CN1CCNC2c3ccccc3CCC21. The molecule has 2 nitrogen and oxygen atoms in total. The summed E-state index contributed by atoms with van der Waals surface area (Å²) in [5.41, 5.74) is 3.07. The Morgan fingerprint density at radius 2 is 2.20 bits per heavy atom. The van der Waals surface area contributed by atoms with E-state index in [0.717, 1.165) is 6.54 Å². The van der Waals surface area contributed by atoms with Crippen molar-refractivity contribution in [3.05, 3.63) is 35.4 Å². The zero-order chi connectivity index (χ0) is 10.3. The number of nitrogens with one attached hydrogen (secondary N) is 1. The number of fused-ring (bicyclic) bond motifs is 3. The van der Waals surface area contributed by atoms with Crippen molar-refractivity contribution < 1.29 is 0 Å². The van der Waals surface area contributed by atoms with E-state index in [1.54, 1.807) is 5.56 Å². The zero-order valence-corrected chi connectivity index (χ0v) is 9.24. The molecule has 1 saturated heterocycles. The zero-order valence-electron chi connectivity index (χ0n) is 9.24. The second-order valence-electron chi connectivity index (χ2n) is 4.72. The lowest BCUT2D eigenvalue weighted by Crippen LogP contribution is -2.53. The molecule has 0 radical (unpaired) electrons. The first kappa shape index (κ1) is 9.37. The lowest BCUT2D eigenvalue weighted by atomic mass is 9.82. The maximum Gasteiger partial charge on any atom is 0.0481 e. The average Bonchev–Trinajstić information content (AvgIpc) is 2.29. The molecule has 2 unspecified atom stereocenters. The molecule has 2 heteroatoms. The predicted octanol–water partition coefficient (Wildman–Crippen LogP) is 1.58. The fourth-order valence-electron chi connectivity index (χ4n) is 3.03. The standard InChI is InChI=1S/C13H18N2/c1-15-9-8-14-13-11-5-3-2-4-10(11)6-7-12(13)15/h2-5,12-14H,6-9H2,1H3. The van der Waals surface area contributed by atoms with Crippen molar-refractivity contribution in [1.29, 1.82) is 0 Å². The Labute approximate surface area is 91.3 Å². The smallest absolute Gasteiger partial charge is 0.0481 e. The molecule has 1 fully saturated rings. The van der Waals surface area contributed by atoms with E-state index in [4.69, 9.17) is 0 Å². The van der Waals surface area contributed by atoms with Crippen LogP contribution in [0.4, 0.5) is 0 Å². The molecule has 0 amide bonds. The Morgan fingerprint density at radius 3 is 3.13 bits per heavy atom. The molecule has 1 aromatic rings. The van der Waals surface area contributed by atoms with Crippen LogP contribution in [0.1, 0.15) is 23.6 Å². The molecule has 1 aliphatic heterocycles. The Hall–Kier alpha value is -0.860. The highest BCUT2D eigenvalue weighted by Gasteiger charge is 2.33. The molecule has 0 spiro atoms. The van der Waals surface area contributed by atoms with Gasteiger partial charge in [-0.2, -0.15) is 0 Å². The first-order chi connectivity index (χ1) is 7.36. The molecule has 0 saturated carbocycles. The number of rotatable bonds is 0. The number of benzene rings is 1. The fraction of sp³-hybridized carbons (Fsp3) is 0.538. The van der Waals surface area contributed by atoms with E-state index in [1.807, 2.05) is 0 Å². The van der Waals surface area contributed by atoms with Gasteiger partial charge in [0.25, 0.3) is 0 Å². The van der Waals surface area contributed by atoms with E-state index in [1.165, 1.54) is 24.9 Å². The number of hydrogen-bond acceptors (Lipinski definition) is 2. The minimum atomic E-state index is 0.564. The summed E-state index contributed by atoms with van der Waals surface area (Å²) in [6.07, 6.45) is 2.54. The molecule has 1 heterocycles. The summed E-state index contributed by atoms with van der Waals surface area (Å²) in [5, 5.41) is 3.67. The first-order valence-electron chi connectivity index (χ1n) is 5.88. The highest BCUT2D eigenvalue weighted by molar-refractivity contribution is 5.34. The minimum Gasteiger partial charge on any atom is -0.307 e. The van der Waals surface area contributed by atoms with E-state index in [2.05, 4.69) is 41.5 Å². The van der Waals surface area contributed by atoms with Crippen LogP contribution < -0.4 is 5.32 Å². The largest absolute Gasteiger partial charge is 0.307 e. The van der Waals surface area contributed by atoms with Crippen LogP contribution in [0.15, 0.2) is 24.3 Å². The van der Waals surface area contributed by atoms with Crippen molar-refractivity contribution in [2.24, 2.45) is 0 Å². The van der Waals surface area contributed by atoms with Gasteiger partial charge >= 0.3 is 0 Å². The van der Waals surface area contributed by atoms with Crippen molar-refractivity contribution >= 4 is 0 Å². The van der Waals surface area contributed by atoms with Gasteiger partial charge in [0, 0.05) is 25.2 Å². The summed E-state index contributed by atoms with van der Waals surface area (Å²) in [4.78, 5) is 2.51. The summed E-state index contributed by atoms with van der Waals surface area (Å²) in [6.45, 7) is 2.30. The Morgan fingerprint density at radius 1 is 1.33 bits per heavy atom. The van der Waals surface area contributed by atoms with E-state index in [-0.39, 0.29) is 0 Å². The Balaban J connectivity index is 1.99. The third-order valence-electron chi connectivity index (χ3n) is 3.88. The average molecular weight is 202 g/mol. The summed E-state index contributed by atoms with van der Waals surface area (Å²) >= 11 is 0. The number of piperazine rings is 1. The van der Waals surface area contributed by atoms with Gasteiger partial charge in [-0.15, -0.1) is 0 Å². The summed E-state index contributed by atoms with van der Waals surface area (Å²) in [7, 11) is 2.26. The third kappa shape index (κ3) is 1.48. The summed E-state index contributed by atoms with van der Waals surface area (Å²) < 4.78 is 0. The number of hydrogen-bond donors (Lipinski definition) is 1. The molecule has 1 aromatic carbocycles. The minimum absolute atomic E-state index is 0.564. The highest BCUT2D eigenvalue weighted by atomic mass is 15.2. The van der Waals surface area contributed by atoms with Crippen LogP contribution in [0.3, 0.4) is 0 Å². The Bertz CT molecular complexity index is 361. The van der Waals surface area contributed by atoms with Crippen LogP contribution >= 0.6 is 0 Å². The van der Waals surface area contributed by atoms with Crippen molar-refractivity contribution in [3.63, 3.8) is 0 Å². The lowest BCUT2D eigenvalue weighted by molar-refractivity contribution is 0.134. The molecule has 0 bridgehead atoms. The number of aryl methyl sites for hydroxylation is 1. The molecule has 1 aliphatic carbocycles. The molecule has 15 heavy (non-hydrogen) atoms. The first-order valence-corrected chi connectivity index (χ1v) is 5.88. The van der Waals surface area contributed by atoms with Gasteiger partial charge in [0.2, 0.25) is 0 Å². The Kier molecular flexibility index (Phi) is 2.26. The van der Waals surface area contributed by atoms with E-state index < -0.39 is 0 Å². The molecule has 80 valence electrons. The van der Waals surface area contributed by atoms with Crippen LogP contribution in [0.25, 0.3) is 0 Å². The van der Waals surface area contributed by atoms with Crippen LogP contribution in [-0.4, -0.2) is 31.1 Å². The fourth-order valence-corrected chi connectivity index (χ4v) is 3.03. The van der Waals surface area contributed by atoms with Crippen LogP contribution in [0.5, 0.6) is 0 Å². The molecular formula is C13H18N2. The van der Waals surface area contributed by atoms with E-state index >= 15 is 0 Å². The van der Waals surface area contributed by atoms with Crippen molar-refractivity contribution in [2.75, 3.05) is 20.1 Å². The van der Waals surface area contributed by atoms with Gasteiger partial charge in [-0.1, -0.05) is 24.3 Å². The molecule has 1 N–H and O–H groups in total. The van der Waals surface area contributed by atoms with Crippen LogP contribution in [0.2, 0.25) is 0 Å². The second-order valence-corrected chi connectivity index (χ2v) is 4.72. The van der Waals surface area contributed by atoms with Gasteiger partial charge in [0.15, 0.2) is 0 Å². The molecular weight excluding hydrogens is 184 g/mol. The van der Waals surface area contributed by atoms with Gasteiger partial charge in [0.05, 0.1) is 0 Å². The monoisotopic (exact) mass is 202 g/mol. The lowest BCUT2D eigenvalue weighted by Gasteiger charge is -2.43. The topological polar surface area (TPSA) is 15.3 Å². The number of likely N-dealkylation sites (N-methyl/N-ethyl adjacent to an activating group) is 1. The van der Waals surface area contributed by atoms with Crippen molar-refractivity contribution in [3.8, 4) is 0 Å². The second kappa shape index (κ2) is 3.62. The van der Waals surface area contributed by atoms with E-state index in [0.29, 0.717) is 12.1 Å². The maximum absolute atomic E-state index is 3.67. The maximum atomic E-state index is 3.67. The third-order valence-corrected chi connectivity index (χ3v) is 3.88. The molecule has 2 aliphatic rings.